The molecule has 1 heterocycles. The van der Waals surface area contributed by atoms with Crippen molar-refractivity contribution in [1.82, 2.24) is 4.98 Å². The van der Waals surface area contributed by atoms with Crippen LogP contribution in [0.1, 0.15) is 18.1 Å². The van der Waals surface area contributed by atoms with Crippen LogP contribution in [0.3, 0.4) is 0 Å². The molecular weight excluding hydrogens is 329 g/mol. The molecule has 0 aliphatic heterocycles. The van der Waals surface area contributed by atoms with E-state index in [9.17, 15) is 9.65 Å². The Labute approximate surface area is 151 Å². The van der Waals surface area contributed by atoms with Crippen molar-refractivity contribution in [2.75, 3.05) is 12.3 Å². The van der Waals surface area contributed by atoms with E-state index in [0.717, 1.165) is 16.7 Å². The van der Waals surface area contributed by atoms with Crippen LogP contribution in [0.2, 0.25) is 0 Å². The lowest BCUT2D eigenvalue weighted by atomic mass is 9.92. The summed E-state index contributed by atoms with van der Waals surface area (Å²) in [6.07, 6.45) is 0. The Morgan fingerprint density at radius 1 is 1.15 bits per heavy atom. The molecular formula is C21H18FN3O. The highest BCUT2D eigenvalue weighted by Gasteiger charge is 2.20. The van der Waals surface area contributed by atoms with Gasteiger partial charge in [-0.1, -0.05) is 18.2 Å². The number of para-hydroxylation sites is 1. The number of halogens is 1. The molecule has 0 atom stereocenters. The minimum Gasteiger partial charge on any atom is -0.493 e. The molecule has 0 saturated carbocycles. The first-order valence-electron chi connectivity index (χ1n) is 8.25. The number of benzene rings is 2. The third-order valence-corrected chi connectivity index (χ3v) is 4.15. The molecule has 0 saturated heterocycles. The summed E-state index contributed by atoms with van der Waals surface area (Å²) in [4.78, 5) is 4.40. The molecule has 0 unspecified atom stereocenters. The summed E-state index contributed by atoms with van der Waals surface area (Å²) < 4.78 is 19.0. The van der Waals surface area contributed by atoms with Crippen LogP contribution in [-0.2, 0) is 0 Å². The minimum atomic E-state index is -0.324. The molecule has 2 N–H and O–H groups in total. The van der Waals surface area contributed by atoms with Gasteiger partial charge in [0.15, 0.2) is 0 Å². The van der Waals surface area contributed by atoms with Gasteiger partial charge in [0.05, 0.1) is 12.3 Å². The van der Waals surface area contributed by atoms with E-state index in [4.69, 9.17) is 10.5 Å². The normalized spacial score (nSPS) is 10.4. The predicted molar refractivity (Wildman–Crippen MR) is 100 cm³/mol. The number of nitriles is 1. The number of hydrogen-bond acceptors (Lipinski definition) is 4. The molecule has 26 heavy (non-hydrogen) atoms. The smallest absolute Gasteiger partial charge is 0.142 e. The van der Waals surface area contributed by atoms with E-state index < -0.39 is 0 Å². The van der Waals surface area contributed by atoms with Crippen molar-refractivity contribution in [3.63, 3.8) is 0 Å². The van der Waals surface area contributed by atoms with Crippen LogP contribution in [-0.4, -0.2) is 11.6 Å². The molecule has 0 aliphatic carbocycles. The van der Waals surface area contributed by atoms with Gasteiger partial charge in [0.2, 0.25) is 0 Å². The summed E-state index contributed by atoms with van der Waals surface area (Å²) in [5, 5.41) is 9.64. The summed E-state index contributed by atoms with van der Waals surface area (Å²) in [5.74, 6) is 0.485. The zero-order chi connectivity index (χ0) is 18.7. The molecule has 2 aromatic carbocycles. The predicted octanol–water partition coefficient (Wildman–Crippen LogP) is 4.72. The third-order valence-electron chi connectivity index (χ3n) is 4.15. The summed E-state index contributed by atoms with van der Waals surface area (Å²) in [5.41, 5.74) is 9.98. The van der Waals surface area contributed by atoms with Gasteiger partial charge in [-0.15, -0.1) is 0 Å². The summed E-state index contributed by atoms with van der Waals surface area (Å²) >= 11 is 0. The van der Waals surface area contributed by atoms with Gasteiger partial charge in [-0.2, -0.15) is 5.26 Å². The van der Waals surface area contributed by atoms with Crippen molar-refractivity contribution in [2.24, 2.45) is 0 Å². The first kappa shape index (κ1) is 17.4. The highest BCUT2D eigenvalue weighted by atomic mass is 19.1. The fraction of sp³-hybridized carbons (Fsp3) is 0.143. The second-order valence-corrected chi connectivity index (χ2v) is 5.77. The van der Waals surface area contributed by atoms with E-state index in [1.54, 1.807) is 12.1 Å². The highest BCUT2D eigenvalue weighted by Crippen LogP contribution is 2.39. The van der Waals surface area contributed by atoms with Crippen LogP contribution in [0, 0.1) is 24.1 Å². The molecule has 0 fully saturated rings. The van der Waals surface area contributed by atoms with Crippen LogP contribution in [0.4, 0.5) is 10.2 Å². The Hall–Kier alpha value is -3.39. The van der Waals surface area contributed by atoms with Crippen molar-refractivity contribution < 1.29 is 9.13 Å². The Kier molecular flexibility index (Phi) is 4.85. The number of pyridine rings is 1. The fourth-order valence-electron chi connectivity index (χ4n) is 2.99. The van der Waals surface area contributed by atoms with Crippen LogP contribution in [0.25, 0.3) is 22.4 Å². The Morgan fingerprint density at radius 3 is 2.50 bits per heavy atom. The van der Waals surface area contributed by atoms with Gasteiger partial charge >= 0.3 is 0 Å². The number of ether oxygens (including phenoxy) is 1. The molecule has 1 aromatic heterocycles. The zero-order valence-electron chi connectivity index (χ0n) is 14.6. The average Bonchev–Trinajstić information content (AvgIpc) is 2.65. The molecule has 0 aliphatic rings. The Morgan fingerprint density at radius 2 is 1.85 bits per heavy atom. The van der Waals surface area contributed by atoms with Gasteiger partial charge in [0.1, 0.15) is 29.0 Å². The zero-order valence-corrected chi connectivity index (χ0v) is 14.6. The lowest BCUT2D eigenvalue weighted by Gasteiger charge is -2.17. The van der Waals surface area contributed by atoms with Crippen LogP contribution >= 0.6 is 0 Å². The summed E-state index contributed by atoms with van der Waals surface area (Å²) in [7, 11) is 0. The first-order chi connectivity index (χ1) is 12.6. The molecule has 3 rings (SSSR count). The van der Waals surface area contributed by atoms with Crippen molar-refractivity contribution >= 4 is 5.82 Å². The van der Waals surface area contributed by atoms with Gasteiger partial charge < -0.3 is 10.5 Å². The second kappa shape index (κ2) is 7.24. The number of nitrogens with zero attached hydrogens (tertiary/aromatic N) is 2. The largest absolute Gasteiger partial charge is 0.493 e. The van der Waals surface area contributed by atoms with Crippen molar-refractivity contribution in [2.45, 2.75) is 13.8 Å². The van der Waals surface area contributed by atoms with Crippen LogP contribution in [0.15, 0.2) is 48.5 Å². The van der Waals surface area contributed by atoms with Crippen molar-refractivity contribution in [3.8, 4) is 34.2 Å². The van der Waals surface area contributed by atoms with E-state index in [2.05, 4.69) is 11.1 Å². The number of rotatable bonds is 4. The van der Waals surface area contributed by atoms with Crippen LogP contribution in [0.5, 0.6) is 5.75 Å². The van der Waals surface area contributed by atoms with Gasteiger partial charge in [-0.05, 0) is 49.7 Å². The van der Waals surface area contributed by atoms with Gasteiger partial charge in [0.25, 0.3) is 0 Å². The fourth-order valence-corrected chi connectivity index (χ4v) is 2.99. The lowest BCUT2D eigenvalue weighted by molar-refractivity contribution is 0.341. The van der Waals surface area contributed by atoms with Crippen molar-refractivity contribution in [3.05, 3.63) is 65.5 Å². The number of nitrogens with two attached hydrogens (primary N) is 1. The van der Waals surface area contributed by atoms with E-state index in [-0.39, 0.29) is 11.6 Å². The molecule has 0 bridgehead atoms. The molecule has 3 aromatic rings. The third kappa shape index (κ3) is 3.09. The molecule has 130 valence electrons. The Balaban J connectivity index is 2.32. The molecule has 4 nitrogen and oxygen atoms in total. The van der Waals surface area contributed by atoms with E-state index in [0.29, 0.717) is 29.2 Å². The average molecular weight is 347 g/mol. The summed E-state index contributed by atoms with van der Waals surface area (Å²) in [6.45, 7) is 4.28. The van der Waals surface area contributed by atoms with E-state index >= 15 is 0 Å². The minimum absolute atomic E-state index is 0.138. The maximum absolute atomic E-state index is 13.3. The SMILES string of the molecule is CCOc1ccccc1-c1c(C)c(-c2ccc(F)cc2)nc(N)c1C#N. The Bertz CT molecular complexity index is 991. The summed E-state index contributed by atoms with van der Waals surface area (Å²) in [6, 6.07) is 15.7. The van der Waals surface area contributed by atoms with E-state index in [1.807, 2.05) is 38.1 Å². The first-order valence-corrected chi connectivity index (χ1v) is 8.25. The molecule has 0 spiro atoms. The number of hydrogen-bond donors (Lipinski definition) is 1. The monoisotopic (exact) mass is 347 g/mol. The lowest BCUT2D eigenvalue weighted by Crippen LogP contribution is -2.04. The van der Waals surface area contributed by atoms with E-state index in [1.165, 1.54) is 12.1 Å². The second-order valence-electron chi connectivity index (χ2n) is 5.77. The van der Waals surface area contributed by atoms with Crippen molar-refractivity contribution in [1.29, 1.82) is 5.26 Å². The maximum Gasteiger partial charge on any atom is 0.142 e. The molecule has 5 heteroatoms. The number of anilines is 1. The standard InChI is InChI=1S/C21H18FN3O/c1-3-26-18-7-5-4-6-16(18)19-13(2)20(25-21(24)17(19)12-23)14-8-10-15(22)11-9-14/h4-11H,3H2,1-2H3,(H2,24,25). The van der Waals surface area contributed by atoms with Gasteiger partial charge in [-0.3, -0.25) is 0 Å². The number of nitrogen functional groups attached to an aromatic ring is 1. The quantitative estimate of drug-likeness (QED) is 0.741. The molecule has 0 amide bonds. The van der Waals surface area contributed by atoms with Gasteiger partial charge in [-0.25, -0.2) is 9.37 Å². The maximum atomic E-state index is 13.3. The number of aromatic nitrogens is 1. The van der Waals surface area contributed by atoms with Gasteiger partial charge in [0, 0.05) is 16.7 Å². The topological polar surface area (TPSA) is 71.9 Å². The molecule has 0 radical (unpaired) electrons. The highest BCUT2D eigenvalue weighted by molar-refractivity contribution is 5.86. The van der Waals surface area contributed by atoms with Crippen LogP contribution < -0.4 is 10.5 Å².